The van der Waals surface area contributed by atoms with Gasteiger partial charge in [0.2, 0.25) is 6.79 Å². The van der Waals surface area contributed by atoms with Crippen molar-refractivity contribution in [1.29, 1.82) is 0 Å². The van der Waals surface area contributed by atoms with Crippen LogP contribution in [0.1, 0.15) is 36.4 Å². The molecule has 0 saturated heterocycles. The van der Waals surface area contributed by atoms with Crippen LogP contribution in [0.3, 0.4) is 0 Å². The quantitative estimate of drug-likeness (QED) is 0.872. The second-order valence-electron chi connectivity index (χ2n) is 5.79. The zero-order valence-electron chi connectivity index (χ0n) is 11.7. The van der Waals surface area contributed by atoms with Crippen molar-refractivity contribution in [2.75, 3.05) is 20.4 Å². The third-order valence-electron chi connectivity index (χ3n) is 4.63. The fourth-order valence-electron chi connectivity index (χ4n) is 3.30. The Bertz CT molecular complexity index is 483. The van der Waals surface area contributed by atoms with Gasteiger partial charge in [-0.2, -0.15) is 0 Å². The van der Waals surface area contributed by atoms with Crippen LogP contribution < -0.4 is 20.5 Å². The maximum absolute atomic E-state index is 6.58. The first kappa shape index (κ1) is 12.8. The normalized spacial score (nSPS) is 21.0. The molecule has 3 rings (SSSR count). The Labute approximate surface area is 114 Å². The lowest BCUT2D eigenvalue weighted by Crippen LogP contribution is -2.47. The predicted molar refractivity (Wildman–Crippen MR) is 74.4 cm³/mol. The van der Waals surface area contributed by atoms with Crippen molar-refractivity contribution < 1.29 is 9.47 Å². The molecule has 19 heavy (non-hydrogen) atoms. The van der Waals surface area contributed by atoms with E-state index in [2.05, 4.69) is 18.3 Å². The molecule has 104 valence electrons. The summed E-state index contributed by atoms with van der Waals surface area (Å²) in [5, 5.41) is 3.30. The minimum atomic E-state index is 0.0585. The first-order valence-electron chi connectivity index (χ1n) is 6.97. The molecule has 0 bridgehead atoms. The van der Waals surface area contributed by atoms with E-state index in [-0.39, 0.29) is 11.5 Å². The molecule has 1 aromatic rings. The molecule has 1 saturated carbocycles. The van der Waals surface area contributed by atoms with E-state index >= 15 is 0 Å². The van der Waals surface area contributed by atoms with Gasteiger partial charge in [0.05, 0.1) is 0 Å². The Balaban J connectivity index is 1.93. The molecular weight excluding hydrogens is 240 g/mol. The molecule has 0 aromatic heterocycles. The molecular formula is C15H22N2O2. The summed E-state index contributed by atoms with van der Waals surface area (Å²) in [5.41, 5.74) is 9.17. The minimum absolute atomic E-state index is 0.0585. The van der Waals surface area contributed by atoms with Crippen LogP contribution in [0.5, 0.6) is 11.5 Å². The molecule has 0 amide bonds. The third kappa shape index (κ3) is 1.99. The lowest BCUT2D eigenvalue weighted by atomic mass is 9.62. The van der Waals surface area contributed by atoms with Gasteiger partial charge in [0, 0.05) is 18.0 Å². The van der Waals surface area contributed by atoms with Crippen LogP contribution in [0, 0.1) is 12.3 Å². The largest absolute Gasteiger partial charge is 0.454 e. The molecule has 1 aliphatic carbocycles. The van der Waals surface area contributed by atoms with E-state index in [0.717, 1.165) is 18.0 Å². The molecule has 3 N–H and O–H groups in total. The number of aryl methyl sites for hydroxylation is 1. The summed E-state index contributed by atoms with van der Waals surface area (Å²) in [6.45, 7) is 3.39. The van der Waals surface area contributed by atoms with Crippen LogP contribution in [-0.4, -0.2) is 20.4 Å². The van der Waals surface area contributed by atoms with Gasteiger partial charge in [-0.3, -0.25) is 0 Å². The monoisotopic (exact) mass is 262 g/mol. The Kier molecular flexibility index (Phi) is 3.15. The second-order valence-corrected chi connectivity index (χ2v) is 5.79. The minimum Gasteiger partial charge on any atom is -0.454 e. The fraction of sp³-hybridized carbons (Fsp3) is 0.600. The fourth-order valence-corrected chi connectivity index (χ4v) is 3.30. The summed E-state index contributed by atoms with van der Waals surface area (Å²) >= 11 is 0. The summed E-state index contributed by atoms with van der Waals surface area (Å²) < 4.78 is 10.9. The number of fused-ring (bicyclic) bond motifs is 1. The van der Waals surface area contributed by atoms with Crippen LogP contribution in [0.25, 0.3) is 0 Å². The van der Waals surface area contributed by atoms with Gasteiger partial charge >= 0.3 is 0 Å². The maximum Gasteiger partial charge on any atom is 0.231 e. The highest BCUT2D eigenvalue weighted by atomic mass is 16.7. The molecule has 1 unspecified atom stereocenters. The molecule has 1 fully saturated rings. The van der Waals surface area contributed by atoms with Crippen LogP contribution in [-0.2, 0) is 0 Å². The van der Waals surface area contributed by atoms with Gasteiger partial charge in [0.1, 0.15) is 0 Å². The van der Waals surface area contributed by atoms with Gasteiger partial charge in [0.25, 0.3) is 0 Å². The standard InChI is InChI=1S/C15H22N2O2/c1-10-6-12-13(19-9-18-12)7-11(10)14(16)15(8-17-2)4-3-5-15/h6-7,14,17H,3-5,8-9,16H2,1-2H3. The number of rotatable bonds is 4. The first-order chi connectivity index (χ1) is 9.16. The Morgan fingerprint density at radius 3 is 2.58 bits per heavy atom. The smallest absolute Gasteiger partial charge is 0.231 e. The molecule has 0 radical (unpaired) electrons. The summed E-state index contributed by atoms with van der Waals surface area (Å²) in [4.78, 5) is 0. The van der Waals surface area contributed by atoms with Gasteiger partial charge < -0.3 is 20.5 Å². The van der Waals surface area contributed by atoms with Crippen LogP contribution in [0.2, 0.25) is 0 Å². The number of hydrogen-bond acceptors (Lipinski definition) is 4. The van der Waals surface area contributed by atoms with Crippen LogP contribution in [0.4, 0.5) is 0 Å². The summed E-state index contributed by atoms with van der Waals surface area (Å²) in [6.07, 6.45) is 3.67. The molecule has 2 aliphatic rings. The number of ether oxygens (including phenoxy) is 2. The average Bonchev–Trinajstić information content (AvgIpc) is 2.79. The first-order valence-corrected chi connectivity index (χ1v) is 6.97. The molecule has 1 aromatic carbocycles. The predicted octanol–water partition coefficient (Wildman–Crippen LogP) is 2.11. The molecule has 1 aliphatic heterocycles. The highest BCUT2D eigenvalue weighted by Gasteiger charge is 2.43. The van der Waals surface area contributed by atoms with Gasteiger partial charge in [-0.05, 0) is 50.1 Å². The molecule has 4 nitrogen and oxygen atoms in total. The van der Waals surface area contributed by atoms with Crippen molar-refractivity contribution in [3.63, 3.8) is 0 Å². The van der Waals surface area contributed by atoms with E-state index in [1.165, 1.54) is 30.4 Å². The van der Waals surface area contributed by atoms with Crippen molar-refractivity contribution >= 4 is 0 Å². The molecule has 0 spiro atoms. The number of nitrogens with one attached hydrogen (secondary N) is 1. The van der Waals surface area contributed by atoms with E-state index < -0.39 is 0 Å². The highest BCUT2D eigenvalue weighted by Crippen LogP contribution is 2.50. The third-order valence-corrected chi connectivity index (χ3v) is 4.63. The second kappa shape index (κ2) is 4.69. The number of nitrogens with two attached hydrogens (primary N) is 1. The van der Waals surface area contributed by atoms with Crippen molar-refractivity contribution in [2.24, 2.45) is 11.1 Å². The van der Waals surface area contributed by atoms with Crippen molar-refractivity contribution in [1.82, 2.24) is 5.32 Å². The SMILES string of the molecule is CNCC1(C(N)c2cc3c(cc2C)OCO3)CCC1. The summed E-state index contributed by atoms with van der Waals surface area (Å²) in [7, 11) is 2.00. The van der Waals surface area contributed by atoms with Crippen molar-refractivity contribution in [2.45, 2.75) is 32.2 Å². The van der Waals surface area contributed by atoms with Crippen LogP contribution >= 0.6 is 0 Å². The topological polar surface area (TPSA) is 56.5 Å². The number of hydrogen-bond donors (Lipinski definition) is 2. The van der Waals surface area contributed by atoms with Crippen molar-refractivity contribution in [3.8, 4) is 11.5 Å². The zero-order valence-corrected chi connectivity index (χ0v) is 11.7. The highest BCUT2D eigenvalue weighted by molar-refractivity contribution is 5.49. The maximum atomic E-state index is 6.58. The van der Waals surface area contributed by atoms with Gasteiger partial charge in [-0.25, -0.2) is 0 Å². The molecule has 4 heteroatoms. The van der Waals surface area contributed by atoms with E-state index in [4.69, 9.17) is 15.2 Å². The lowest BCUT2D eigenvalue weighted by Gasteiger charge is -2.47. The van der Waals surface area contributed by atoms with Gasteiger partial charge in [-0.1, -0.05) is 6.42 Å². The van der Waals surface area contributed by atoms with E-state index in [1.54, 1.807) is 0 Å². The molecule has 1 atom stereocenters. The zero-order chi connectivity index (χ0) is 13.5. The van der Waals surface area contributed by atoms with E-state index in [1.807, 2.05) is 13.1 Å². The molecule has 1 heterocycles. The van der Waals surface area contributed by atoms with Crippen molar-refractivity contribution in [3.05, 3.63) is 23.3 Å². The summed E-state index contributed by atoms with van der Waals surface area (Å²) in [5.74, 6) is 1.67. The average molecular weight is 262 g/mol. The van der Waals surface area contributed by atoms with E-state index in [9.17, 15) is 0 Å². The van der Waals surface area contributed by atoms with Gasteiger partial charge in [-0.15, -0.1) is 0 Å². The Hall–Kier alpha value is -1.26. The number of benzene rings is 1. The van der Waals surface area contributed by atoms with E-state index in [0.29, 0.717) is 6.79 Å². The van der Waals surface area contributed by atoms with Gasteiger partial charge in [0.15, 0.2) is 11.5 Å². The van der Waals surface area contributed by atoms with Crippen LogP contribution in [0.15, 0.2) is 12.1 Å². The Morgan fingerprint density at radius 1 is 1.32 bits per heavy atom. The lowest BCUT2D eigenvalue weighted by molar-refractivity contribution is 0.0943. The Morgan fingerprint density at radius 2 is 2.00 bits per heavy atom. The summed E-state index contributed by atoms with van der Waals surface area (Å²) in [6, 6.07) is 4.17.